The number of urea groups is 2. The number of hydrogen-bond acceptors (Lipinski definition) is 7. The number of para-hydroxylation sites is 1. The van der Waals surface area contributed by atoms with Gasteiger partial charge < -0.3 is 29.7 Å². The van der Waals surface area contributed by atoms with E-state index >= 15 is 0 Å². The van der Waals surface area contributed by atoms with Crippen LogP contribution in [0.2, 0.25) is 0 Å². The molecule has 2 aliphatic heterocycles. The molecule has 2 aliphatic rings. The highest BCUT2D eigenvalue weighted by Gasteiger charge is 2.40. The maximum atomic E-state index is 13.4. The number of hydrogen-bond donors (Lipinski definition) is 2. The van der Waals surface area contributed by atoms with Crippen LogP contribution in [0, 0.1) is 0 Å². The van der Waals surface area contributed by atoms with Gasteiger partial charge in [0.15, 0.2) is 11.5 Å². The first-order chi connectivity index (χ1) is 17.9. The summed E-state index contributed by atoms with van der Waals surface area (Å²) in [5, 5.41) is 5.95. The lowest BCUT2D eigenvalue weighted by Gasteiger charge is -2.43. The average Bonchev–Trinajstić information content (AvgIpc) is 2.85. The van der Waals surface area contributed by atoms with Gasteiger partial charge >= 0.3 is 18.0 Å². The van der Waals surface area contributed by atoms with E-state index < -0.39 is 12.0 Å². The normalized spacial score (nSPS) is 20.7. The molecule has 2 heterocycles. The smallest absolute Gasteiger partial charge is 0.338 e. The number of carbonyl (C=O) groups is 3. The van der Waals surface area contributed by atoms with Gasteiger partial charge in [0.25, 0.3) is 0 Å². The molecule has 0 spiro atoms. The van der Waals surface area contributed by atoms with Crippen LogP contribution in [-0.2, 0) is 9.53 Å². The molecule has 210 valence electrons. The second-order valence-corrected chi connectivity index (χ2v) is 10.6. The minimum atomic E-state index is -0.797. The molecule has 11 heteroatoms. The van der Waals surface area contributed by atoms with Gasteiger partial charge in [-0.2, -0.15) is 0 Å². The number of rotatable bonds is 7. The first-order valence-corrected chi connectivity index (χ1v) is 12.9. The van der Waals surface area contributed by atoms with E-state index in [-0.39, 0.29) is 30.2 Å². The summed E-state index contributed by atoms with van der Waals surface area (Å²) < 4.78 is 16.5. The number of nitrogens with zero attached hydrogens (tertiary/aromatic N) is 3. The molecule has 0 bridgehead atoms. The predicted octanol–water partition coefficient (Wildman–Crippen LogP) is 2.73. The Morgan fingerprint density at radius 2 is 1.87 bits per heavy atom. The number of piperazine rings is 1. The summed E-state index contributed by atoms with van der Waals surface area (Å²) >= 11 is 0. The Hall–Kier alpha value is -3.47. The van der Waals surface area contributed by atoms with Crippen molar-refractivity contribution in [2.45, 2.75) is 52.2 Å². The Labute approximate surface area is 225 Å². The van der Waals surface area contributed by atoms with Crippen molar-refractivity contribution < 1.29 is 28.6 Å². The Morgan fingerprint density at radius 3 is 2.45 bits per heavy atom. The lowest BCUT2D eigenvalue weighted by atomic mass is 9.93. The predicted molar refractivity (Wildman–Crippen MR) is 143 cm³/mol. The molecule has 1 aromatic rings. The summed E-state index contributed by atoms with van der Waals surface area (Å²) in [5.41, 5.74) is 1.13. The van der Waals surface area contributed by atoms with Crippen molar-refractivity contribution >= 4 is 18.0 Å². The average molecular weight is 532 g/mol. The van der Waals surface area contributed by atoms with Gasteiger partial charge in [0.1, 0.15) is 0 Å². The maximum absolute atomic E-state index is 13.4. The third-order valence-electron chi connectivity index (χ3n) is 6.64. The molecule has 0 aromatic heterocycles. The van der Waals surface area contributed by atoms with Crippen molar-refractivity contribution in [3.63, 3.8) is 0 Å². The second kappa shape index (κ2) is 11.9. The molecular weight excluding hydrogens is 490 g/mol. The zero-order valence-electron chi connectivity index (χ0n) is 23.7. The van der Waals surface area contributed by atoms with E-state index in [1.54, 1.807) is 32.2 Å². The minimum absolute atomic E-state index is 0.0604. The summed E-state index contributed by atoms with van der Waals surface area (Å²) in [7, 11) is 4.69. The van der Waals surface area contributed by atoms with Gasteiger partial charge in [0.05, 0.1) is 32.4 Å². The SMILES string of the molecule is CCOC(=O)C1=C(CN2CCN(C(=O)NC(C)(C)C)[C@H](C)C2)N(C)C(=O)N[C@H]1c1cccc(OC)c1OC. The zero-order chi connectivity index (χ0) is 28.2. The molecule has 2 N–H and O–H groups in total. The van der Waals surface area contributed by atoms with E-state index in [1.165, 1.54) is 19.1 Å². The summed E-state index contributed by atoms with van der Waals surface area (Å²) in [6.07, 6.45) is 0. The molecule has 38 heavy (non-hydrogen) atoms. The number of benzene rings is 1. The van der Waals surface area contributed by atoms with Gasteiger partial charge in [-0.1, -0.05) is 12.1 Å². The van der Waals surface area contributed by atoms with Crippen LogP contribution < -0.4 is 20.1 Å². The van der Waals surface area contributed by atoms with Crippen molar-refractivity contribution in [2.75, 3.05) is 54.1 Å². The van der Waals surface area contributed by atoms with Crippen LogP contribution in [0.3, 0.4) is 0 Å². The Kier molecular flexibility index (Phi) is 9.14. The topological polar surface area (TPSA) is 113 Å². The number of carbonyl (C=O) groups excluding carboxylic acids is 3. The number of amides is 4. The van der Waals surface area contributed by atoms with E-state index in [0.717, 1.165) is 0 Å². The van der Waals surface area contributed by atoms with E-state index in [1.807, 2.05) is 32.6 Å². The van der Waals surface area contributed by atoms with E-state index in [0.29, 0.717) is 54.5 Å². The third-order valence-corrected chi connectivity index (χ3v) is 6.64. The molecule has 0 saturated carbocycles. The molecule has 3 rings (SSSR count). The van der Waals surface area contributed by atoms with Crippen LogP contribution >= 0.6 is 0 Å². The molecule has 1 aromatic carbocycles. The highest BCUT2D eigenvalue weighted by molar-refractivity contribution is 5.95. The summed E-state index contributed by atoms with van der Waals surface area (Å²) in [4.78, 5) is 44.7. The zero-order valence-corrected chi connectivity index (χ0v) is 23.7. The first kappa shape index (κ1) is 29.1. The van der Waals surface area contributed by atoms with Crippen LogP contribution in [0.1, 0.15) is 46.2 Å². The Bertz CT molecular complexity index is 1080. The number of ether oxygens (including phenoxy) is 3. The first-order valence-electron chi connectivity index (χ1n) is 12.9. The van der Waals surface area contributed by atoms with Crippen LogP contribution in [0.5, 0.6) is 11.5 Å². The van der Waals surface area contributed by atoms with E-state index in [2.05, 4.69) is 15.5 Å². The number of likely N-dealkylation sites (N-methyl/N-ethyl adjacent to an activating group) is 1. The fraction of sp³-hybridized carbons (Fsp3) is 0.593. The molecule has 1 fully saturated rings. The van der Waals surface area contributed by atoms with Crippen molar-refractivity contribution in [1.29, 1.82) is 0 Å². The molecule has 11 nitrogen and oxygen atoms in total. The lowest BCUT2D eigenvalue weighted by Crippen LogP contribution is -2.59. The monoisotopic (exact) mass is 531 g/mol. The quantitative estimate of drug-likeness (QED) is 0.520. The fourth-order valence-electron chi connectivity index (χ4n) is 4.85. The van der Waals surface area contributed by atoms with E-state index in [4.69, 9.17) is 14.2 Å². The molecule has 1 saturated heterocycles. The second-order valence-electron chi connectivity index (χ2n) is 10.6. The number of methoxy groups -OCH3 is 2. The number of esters is 1. The summed E-state index contributed by atoms with van der Waals surface area (Å²) in [6.45, 7) is 11.8. The van der Waals surface area contributed by atoms with Gasteiger partial charge in [0.2, 0.25) is 0 Å². The fourth-order valence-corrected chi connectivity index (χ4v) is 4.85. The van der Waals surface area contributed by atoms with Gasteiger partial charge in [0, 0.05) is 56.1 Å². The van der Waals surface area contributed by atoms with Gasteiger partial charge in [-0.3, -0.25) is 9.80 Å². The Morgan fingerprint density at radius 1 is 1.16 bits per heavy atom. The standard InChI is InChI=1S/C27H41N5O6/c1-9-38-24(33)21-19(16-31-13-14-32(17(2)15-31)26(35)29-27(3,4)5)30(6)25(34)28-22(21)18-11-10-12-20(36-7)23(18)37-8/h10-12,17,22H,9,13-16H2,1-8H3,(H,28,34)(H,29,35)/t17-,22+/m1/s1. The Balaban J connectivity index is 1.97. The highest BCUT2D eigenvalue weighted by Crippen LogP contribution is 2.40. The van der Waals surface area contributed by atoms with E-state index in [9.17, 15) is 14.4 Å². The molecule has 0 radical (unpaired) electrons. The van der Waals surface area contributed by atoms with Gasteiger partial charge in [-0.15, -0.1) is 0 Å². The van der Waals surface area contributed by atoms with Gasteiger partial charge in [-0.05, 0) is 40.7 Å². The minimum Gasteiger partial charge on any atom is -0.493 e. The van der Waals surface area contributed by atoms with Crippen molar-refractivity contribution in [1.82, 2.24) is 25.3 Å². The summed E-state index contributed by atoms with van der Waals surface area (Å²) in [6, 6.07) is 4.03. The van der Waals surface area contributed by atoms with Gasteiger partial charge in [-0.25, -0.2) is 14.4 Å². The van der Waals surface area contributed by atoms with Crippen LogP contribution in [0.15, 0.2) is 29.5 Å². The largest absolute Gasteiger partial charge is 0.493 e. The molecule has 0 unspecified atom stereocenters. The third kappa shape index (κ3) is 6.32. The van der Waals surface area contributed by atoms with Crippen LogP contribution in [0.4, 0.5) is 9.59 Å². The van der Waals surface area contributed by atoms with Crippen molar-refractivity contribution in [2.24, 2.45) is 0 Å². The maximum Gasteiger partial charge on any atom is 0.338 e. The highest BCUT2D eigenvalue weighted by atomic mass is 16.5. The van der Waals surface area contributed by atoms with Crippen LogP contribution in [0.25, 0.3) is 0 Å². The molecule has 4 amide bonds. The van der Waals surface area contributed by atoms with Crippen LogP contribution in [-0.4, -0.2) is 98.4 Å². The summed E-state index contributed by atoms with van der Waals surface area (Å²) in [5.74, 6) is 0.403. The number of nitrogens with one attached hydrogen (secondary N) is 2. The molecular formula is C27H41N5O6. The van der Waals surface area contributed by atoms with Crippen molar-refractivity contribution in [3.05, 3.63) is 35.0 Å². The molecule has 0 aliphatic carbocycles. The lowest BCUT2D eigenvalue weighted by molar-refractivity contribution is -0.139. The van der Waals surface area contributed by atoms with Crippen molar-refractivity contribution in [3.8, 4) is 11.5 Å². The molecule has 2 atom stereocenters.